The number of hydrogen-bond acceptors (Lipinski definition) is 6. The molecule has 0 radical (unpaired) electrons. The fourth-order valence-corrected chi connectivity index (χ4v) is 6.46. The Morgan fingerprint density at radius 3 is 1.24 bits per heavy atom. The van der Waals surface area contributed by atoms with E-state index in [0.717, 1.165) is 122 Å². The van der Waals surface area contributed by atoms with E-state index in [-0.39, 0.29) is 42.7 Å². The average molecular weight is 877 g/mol. The summed E-state index contributed by atoms with van der Waals surface area (Å²) < 4.78 is 17.3. The quantitative estimate of drug-likeness (QED) is 0.0282. The third kappa shape index (κ3) is 43.0. The van der Waals surface area contributed by atoms with Crippen LogP contribution in [0.15, 0.2) is 109 Å². The maximum absolute atomic E-state index is 12.8. The summed E-state index contributed by atoms with van der Waals surface area (Å²) in [5, 5.41) is 9.65. The lowest BCUT2D eigenvalue weighted by molar-refractivity contribution is -0.887. The highest BCUT2D eigenvalue weighted by molar-refractivity contribution is 5.72. The smallest absolute Gasteiger partial charge is 0.362 e. The molecule has 0 aromatic carbocycles. The number of nitrogens with zero attached hydrogens (tertiary/aromatic N) is 1. The fourth-order valence-electron chi connectivity index (χ4n) is 6.46. The van der Waals surface area contributed by atoms with Gasteiger partial charge in [-0.3, -0.25) is 9.59 Å². The van der Waals surface area contributed by atoms with Gasteiger partial charge in [0.25, 0.3) is 0 Å². The number of hydrogen-bond donors (Lipinski definition) is 1. The Bertz CT molecular complexity index is 1390. The Labute approximate surface area is 385 Å². The van der Waals surface area contributed by atoms with Crippen molar-refractivity contribution in [3.05, 3.63) is 109 Å². The van der Waals surface area contributed by atoms with E-state index in [1.165, 1.54) is 12.8 Å². The van der Waals surface area contributed by atoms with Gasteiger partial charge in [-0.15, -0.1) is 0 Å². The number of unbranched alkanes of at least 4 members (excludes halogenated alkanes) is 10. The minimum atomic E-state index is -0.886. The first-order chi connectivity index (χ1) is 30.6. The largest absolute Gasteiger partial charge is 0.477 e. The molecule has 1 N–H and O–H groups in total. The molecule has 2 unspecified atom stereocenters. The van der Waals surface area contributed by atoms with E-state index < -0.39 is 18.1 Å². The Kier molecular flexibility index (Phi) is 41.8. The molecule has 8 heteroatoms. The van der Waals surface area contributed by atoms with Gasteiger partial charge in [-0.05, 0) is 96.3 Å². The minimum Gasteiger partial charge on any atom is -0.477 e. The van der Waals surface area contributed by atoms with Crippen LogP contribution < -0.4 is 0 Å². The summed E-state index contributed by atoms with van der Waals surface area (Å²) in [6.45, 7) is 4.45. The van der Waals surface area contributed by atoms with Crippen LogP contribution in [0.25, 0.3) is 0 Å². The molecule has 0 fully saturated rings. The third-order valence-electron chi connectivity index (χ3n) is 10.2. The molecule has 8 nitrogen and oxygen atoms in total. The van der Waals surface area contributed by atoms with Gasteiger partial charge in [0.15, 0.2) is 12.1 Å². The number of ether oxygens (including phenoxy) is 3. The molecule has 0 heterocycles. The number of rotatable bonds is 42. The van der Waals surface area contributed by atoms with Crippen LogP contribution in [0.2, 0.25) is 0 Å². The summed E-state index contributed by atoms with van der Waals surface area (Å²) in [5.41, 5.74) is 0. The van der Waals surface area contributed by atoms with Crippen LogP contribution in [0.4, 0.5) is 0 Å². The zero-order chi connectivity index (χ0) is 46.3. The second-order valence-electron chi connectivity index (χ2n) is 17.0. The zero-order valence-corrected chi connectivity index (χ0v) is 40.5. The van der Waals surface area contributed by atoms with Gasteiger partial charge >= 0.3 is 17.9 Å². The van der Waals surface area contributed by atoms with Gasteiger partial charge in [0.1, 0.15) is 6.61 Å². The lowest BCUT2D eigenvalue weighted by Gasteiger charge is -2.31. The number of carbonyl (C=O) groups excluding carboxylic acids is 2. The number of carbonyl (C=O) groups is 3. The van der Waals surface area contributed by atoms with E-state index >= 15 is 0 Å². The standard InChI is InChI=1S/C55H89NO7/c1-6-8-10-12-14-16-18-20-22-24-25-26-27-28-29-30-32-34-36-38-40-42-44-46-54(58)63-51(49-61-48-47-52(55(59)60)56(3,4)5)50-62-53(57)45-43-41-39-37-35-33-31-23-21-19-17-15-13-11-9-7-2/h8-11,14-17,20-23,25-26,28-29,32,34,51-52H,6-7,12-13,18-19,24,27,30-31,33,35-50H2,1-5H3/p+1/b10-8+,11-9+,16-14+,17-15+,22-20+,23-21+,26-25+,29-28+,34-32+. The predicted octanol–water partition coefficient (Wildman–Crippen LogP) is 14.0. The Balaban J connectivity index is 4.38. The average Bonchev–Trinajstić information content (AvgIpc) is 3.24. The molecule has 0 aromatic heterocycles. The van der Waals surface area contributed by atoms with Gasteiger partial charge in [-0.25, -0.2) is 4.79 Å². The maximum Gasteiger partial charge on any atom is 0.362 e. The lowest BCUT2D eigenvalue weighted by atomic mass is 10.1. The Morgan fingerprint density at radius 2 is 0.841 bits per heavy atom. The van der Waals surface area contributed by atoms with Gasteiger partial charge in [0, 0.05) is 19.3 Å². The number of carboxylic acids is 1. The predicted molar refractivity (Wildman–Crippen MR) is 266 cm³/mol. The molecule has 0 aliphatic heterocycles. The molecule has 0 saturated carbocycles. The molecule has 0 aliphatic carbocycles. The first-order valence-corrected chi connectivity index (χ1v) is 24.4. The summed E-state index contributed by atoms with van der Waals surface area (Å²) in [6.07, 6.45) is 61.3. The zero-order valence-electron chi connectivity index (χ0n) is 40.5. The van der Waals surface area contributed by atoms with Crippen LogP contribution >= 0.6 is 0 Å². The van der Waals surface area contributed by atoms with Crippen LogP contribution in [0.5, 0.6) is 0 Å². The molecule has 0 aromatic rings. The maximum atomic E-state index is 12.8. The first-order valence-electron chi connectivity index (χ1n) is 24.4. The summed E-state index contributed by atoms with van der Waals surface area (Å²) in [4.78, 5) is 37.1. The number of allylic oxidation sites excluding steroid dienone is 18. The van der Waals surface area contributed by atoms with Crippen LogP contribution in [-0.2, 0) is 28.6 Å². The van der Waals surface area contributed by atoms with Crippen molar-refractivity contribution < 1.29 is 38.2 Å². The van der Waals surface area contributed by atoms with Crippen LogP contribution in [0.1, 0.15) is 168 Å². The molecule has 0 amide bonds. The molecule has 0 spiro atoms. The van der Waals surface area contributed by atoms with Crippen LogP contribution in [0.3, 0.4) is 0 Å². The normalized spacial score (nSPS) is 13.9. The van der Waals surface area contributed by atoms with E-state index in [1.807, 2.05) is 21.1 Å². The first kappa shape index (κ1) is 59.0. The van der Waals surface area contributed by atoms with Gasteiger partial charge in [0.2, 0.25) is 0 Å². The fraction of sp³-hybridized carbons (Fsp3) is 0.618. The highest BCUT2D eigenvalue weighted by Gasteiger charge is 2.31. The molecular formula is C55H90NO7+. The highest BCUT2D eigenvalue weighted by atomic mass is 16.6. The number of esters is 2. The van der Waals surface area contributed by atoms with Crippen molar-refractivity contribution >= 4 is 17.9 Å². The molecular weight excluding hydrogens is 787 g/mol. The lowest BCUT2D eigenvalue weighted by Crippen LogP contribution is -2.50. The van der Waals surface area contributed by atoms with Gasteiger partial charge in [-0.1, -0.05) is 162 Å². The SMILES string of the molecule is CC/C=C/C/C=C/C/C=C/C/C=C/C/C=C/C/C=C/CCCCCCC(=O)OC(COCCC(C(=O)O)[N+](C)(C)C)COC(=O)CCCCCCCC/C=C/C/C=C/C/C=C/CC. The van der Waals surface area contributed by atoms with Crippen LogP contribution in [0, 0.1) is 0 Å². The Morgan fingerprint density at radius 1 is 0.476 bits per heavy atom. The molecule has 0 aliphatic rings. The van der Waals surface area contributed by atoms with E-state index in [1.54, 1.807) is 0 Å². The van der Waals surface area contributed by atoms with Crippen LogP contribution in [-0.4, -0.2) is 80.6 Å². The molecule has 63 heavy (non-hydrogen) atoms. The Hall–Kier alpha value is -4.01. The van der Waals surface area contributed by atoms with Crippen molar-refractivity contribution in [3.63, 3.8) is 0 Å². The second kappa shape index (κ2) is 44.6. The summed E-state index contributed by atoms with van der Waals surface area (Å²) in [7, 11) is 5.51. The topological polar surface area (TPSA) is 99.1 Å². The number of aliphatic carboxylic acids is 1. The van der Waals surface area contributed by atoms with E-state index in [4.69, 9.17) is 14.2 Å². The van der Waals surface area contributed by atoms with Crippen molar-refractivity contribution in [2.45, 2.75) is 180 Å². The van der Waals surface area contributed by atoms with E-state index in [2.05, 4.69) is 123 Å². The summed E-state index contributed by atoms with van der Waals surface area (Å²) in [5.74, 6) is -1.53. The number of likely N-dealkylation sites (N-methyl/N-ethyl adjacent to an activating group) is 1. The molecule has 0 saturated heterocycles. The number of carboxylic acid groups (broad SMARTS) is 1. The molecule has 0 rings (SSSR count). The molecule has 2 atom stereocenters. The van der Waals surface area contributed by atoms with E-state index in [0.29, 0.717) is 12.8 Å². The summed E-state index contributed by atoms with van der Waals surface area (Å²) in [6, 6.07) is -0.629. The van der Waals surface area contributed by atoms with Crippen molar-refractivity contribution in [2.75, 3.05) is 41.0 Å². The molecule has 356 valence electrons. The van der Waals surface area contributed by atoms with Crippen molar-refractivity contribution in [1.29, 1.82) is 0 Å². The van der Waals surface area contributed by atoms with E-state index in [9.17, 15) is 19.5 Å². The monoisotopic (exact) mass is 877 g/mol. The van der Waals surface area contributed by atoms with Crippen molar-refractivity contribution in [2.24, 2.45) is 0 Å². The van der Waals surface area contributed by atoms with Gasteiger partial charge in [-0.2, -0.15) is 0 Å². The van der Waals surface area contributed by atoms with Gasteiger partial charge < -0.3 is 23.8 Å². The highest BCUT2D eigenvalue weighted by Crippen LogP contribution is 2.13. The van der Waals surface area contributed by atoms with Crippen molar-refractivity contribution in [1.82, 2.24) is 0 Å². The van der Waals surface area contributed by atoms with Crippen molar-refractivity contribution in [3.8, 4) is 0 Å². The minimum absolute atomic E-state index is 0.0387. The molecule has 0 bridgehead atoms. The summed E-state index contributed by atoms with van der Waals surface area (Å²) >= 11 is 0. The second-order valence-corrected chi connectivity index (χ2v) is 17.0. The third-order valence-corrected chi connectivity index (χ3v) is 10.2. The van der Waals surface area contributed by atoms with Gasteiger partial charge in [0.05, 0.1) is 34.4 Å². The number of quaternary nitrogens is 1.